The van der Waals surface area contributed by atoms with Crippen molar-refractivity contribution in [3.8, 4) is 11.4 Å². The molecule has 1 fully saturated rings. The van der Waals surface area contributed by atoms with Gasteiger partial charge in [0.15, 0.2) is 0 Å². The monoisotopic (exact) mass is 420 g/mol. The van der Waals surface area contributed by atoms with E-state index in [1.807, 2.05) is 49.4 Å². The van der Waals surface area contributed by atoms with Crippen LogP contribution in [0.15, 0.2) is 67.4 Å². The molecule has 2 aromatic heterocycles. The summed E-state index contributed by atoms with van der Waals surface area (Å²) in [5, 5.41) is 3.31. The number of hydrogen-bond donors (Lipinski definition) is 1. The normalized spacial score (nSPS) is 12.9. The number of halogens is 1. The molecule has 0 bridgehead atoms. The van der Waals surface area contributed by atoms with Gasteiger partial charge in [0.25, 0.3) is 0 Å². The van der Waals surface area contributed by atoms with Crippen molar-refractivity contribution < 1.29 is 33.9 Å². The molecule has 0 unspecified atom stereocenters. The van der Waals surface area contributed by atoms with Crippen molar-refractivity contribution >= 4 is 22.4 Å². The molecule has 2 aromatic carbocycles. The van der Waals surface area contributed by atoms with Gasteiger partial charge in [0.2, 0.25) is 0 Å². The second-order valence-corrected chi connectivity index (χ2v) is 7.70. The molecule has 6 heteroatoms. The third-order valence-corrected chi connectivity index (χ3v) is 5.53. The van der Waals surface area contributed by atoms with Crippen LogP contribution in [0.4, 0.5) is 10.1 Å². The molecule has 1 aliphatic rings. The molecule has 4 nitrogen and oxygen atoms in total. The number of fused-ring (bicyclic) bond motifs is 1. The minimum Gasteiger partial charge on any atom is -0.459 e. The van der Waals surface area contributed by atoms with Gasteiger partial charge in [-0.2, -0.15) is 0 Å². The van der Waals surface area contributed by atoms with E-state index >= 15 is 0 Å². The van der Waals surface area contributed by atoms with Crippen LogP contribution in [0.25, 0.3) is 28.1 Å². The summed E-state index contributed by atoms with van der Waals surface area (Å²) in [6.07, 6.45) is 4.94. The van der Waals surface area contributed by atoms with Gasteiger partial charge in [-0.15, -0.1) is 6.04 Å². The van der Waals surface area contributed by atoms with Gasteiger partial charge in [0.05, 0.1) is 11.4 Å². The zero-order valence-electron chi connectivity index (χ0n) is 17.8. The van der Waals surface area contributed by atoms with E-state index in [9.17, 15) is 4.39 Å². The van der Waals surface area contributed by atoms with E-state index in [4.69, 9.17) is 4.98 Å². The fraction of sp³-hybridized carbons (Fsp3) is 0.160. The summed E-state index contributed by atoms with van der Waals surface area (Å²) in [6.45, 7) is 6.06. The number of benzene rings is 2. The Kier molecular flexibility index (Phi) is 6.19. The summed E-state index contributed by atoms with van der Waals surface area (Å²) in [4.78, 5) is 9.17. The fourth-order valence-electron chi connectivity index (χ4n) is 3.81. The molecule has 0 saturated heterocycles. The zero-order valence-corrected chi connectivity index (χ0v) is 19.8. The SMILES string of the molecule is C=C(Nc1ccc2c(c1)nc(-c1cc(C)ccc1F)n2[C-]1CCC1)c1ccccn1.[Na+]. The van der Waals surface area contributed by atoms with Crippen LogP contribution in [0.2, 0.25) is 0 Å². The maximum Gasteiger partial charge on any atom is 1.00 e. The molecule has 1 aliphatic carbocycles. The first-order valence-corrected chi connectivity index (χ1v) is 10.1. The molecule has 31 heavy (non-hydrogen) atoms. The molecular weight excluding hydrogens is 398 g/mol. The third kappa shape index (κ3) is 4.13. The van der Waals surface area contributed by atoms with E-state index in [0.717, 1.165) is 47.2 Å². The Morgan fingerprint density at radius 1 is 1.13 bits per heavy atom. The second kappa shape index (κ2) is 8.87. The minimum absolute atomic E-state index is 0. The van der Waals surface area contributed by atoms with Crippen LogP contribution in [-0.4, -0.2) is 14.5 Å². The summed E-state index contributed by atoms with van der Waals surface area (Å²) in [7, 11) is 0. The summed E-state index contributed by atoms with van der Waals surface area (Å²) in [5.74, 6) is 0.417. The molecule has 0 amide bonds. The van der Waals surface area contributed by atoms with Gasteiger partial charge in [-0.1, -0.05) is 55.7 Å². The molecule has 5 rings (SSSR count). The van der Waals surface area contributed by atoms with Gasteiger partial charge < -0.3 is 14.9 Å². The molecule has 0 spiro atoms. The largest absolute Gasteiger partial charge is 1.00 e. The number of nitrogens with one attached hydrogen (secondary N) is 1. The molecule has 4 aromatic rings. The van der Waals surface area contributed by atoms with Gasteiger partial charge >= 0.3 is 29.6 Å². The van der Waals surface area contributed by atoms with E-state index in [1.54, 1.807) is 12.3 Å². The van der Waals surface area contributed by atoms with Crippen molar-refractivity contribution in [2.24, 2.45) is 0 Å². The topological polar surface area (TPSA) is 42.7 Å². The van der Waals surface area contributed by atoms with E-state index in [-0.39, 0.29) is 35.4 Å². The van der Waals surface area contributed by atoms with Crippen LogP contribution in [-0.2, 0) is 0 Å². The molecule has 150 valence electrons. The number of nitrogens with zero attached hydrogens (tertiary/aromatic N) is 3. The Hall–Kier alpha value is -2.60. The van der Waals surface area contributed by atoms with Crippen LogP contribution in [0.5, 0.6) is 0 Å². The van der Waals surface area contributed by atoms with Crippen molar-refractivity contribution in [3.05, 3.63) is 90.5 Å². The van der Waals surface area contributed by atoms with E-state index in [1.165, 1.54) is 12.1 Å². The summed E-state index contributed by atoms with van der Waals surface area (Å²) in [6, 6.07) is 18.2. The maximum atomic E-state index is 14.7. The molecule has 1 saturated carbocycles. The molecular formula is C25H22FN4Na. The molecule has 1 N–H and O–H groups in total. The quantitative estimate of drug-likeness (QED) is 0.398. The van der Waals surface area contributed by atoms with Crippen molar-refractivity contribution in [2.45, 2.75) is 26.2 Å². The summed E-state index contributed by atoms with van der Waals surface area (Å²) in [5.41, 5.74) is 5.75. The van der Waals surface area contributed by atoms with E-state index in [2.05, 4.69) is 21.4 Å². The van der Waals surface area contributed by atoms with Crippen LogP contribution in [0.3, 0.4) is 0 Å². The first-order chi connectivity index (χ1) is 14.6. The average molecular weight is 420 g/mol. The first-order valence-electron chi connectivity index (χ1n) is 10.1. The summed E-state index contributed by atoms with van der Waals surface area (Å²) >= 11 is 0. The first kappa shape index (κ1) is 21.6. The number of anilines is 1. The Morgan fingerprint density at radius 3 is 2.68 bits per heavy atom. The standard InChI is InChI=1S/C25H22FN4.Na/c1-16-9-11-21(26)20(14-16)25-29-23-15-18(28-17(2)22-8-3-4-13-27-22)10-12-24(23)30(25)19-6-5-7-19;/h3-4,8-15,28H,2,5-7H2,1H3;/q-1;+1. The number of rotatable bonds is 5. The van der Waals surface area contributed by atoms with Gasteiger partial charge in [-0.3, -0.25) is 4.98 Å². The van der Waals surface area contributed by atoms with Crippen molar-refractivity contribution in [1.82, 2.24) is 14.5 Å². The van der Waals surface area contributed by atoms with Gasteiger partial charge in [-0.05, 0) is 48.3 Å². The number of aromatic nitrogens is 3. The smallest absolute Gasteiger partial charge is 0.459 e. The maximum absolute atomic E-state index is 14.7. The van der Waals surface area contributed by atoms with Crippen LogP contribution in [0.1, 0.15) is 30.5 Å². The number of imidazole rings is 1. The third-order valence-electron chi connectivity index (χ3n) is 5.53. The average Bonchev–Trinajstić information content (AvgIpc) is 3.07. The Balaban J connectivity index is 0.00000231. The molecule has 0 radical (unpaired) electrons. The van der Waals surface area contributed by atoms with Crippen molar-refractivity contribution in [3.63, 3.8) is 0 Å². The van der Waals surface area contributed by atoms with Crippen LogP contribution in [0, 0.1) is 18.8 Å². The predicted octanol–water partition coefficient (Wildman–Crippen LogP) is 3.20. The van der Waals surface area contributed by atoms with Gasteiger partial charge in [0, 0.05) is 23.2 Å². The van der Waals surface area contributed by atoms with Crippen LogP contribution < -0.4 is 34.9 Å². The number of pyridine rings is 1. The Labute approximate surface area is 203 Å². The number of hydrogen-bond acceptors (Lipinski definition) is 3. The Morgan fingerprint density at radius 2 is 1.97 bits per heavy atom. The zero-order chi connectivity index (χ0) is 20.7. The minimum atomic E-state index is -0.251. The van der Waals surface area contributed by atoms with Crippen molar-refractivity contribution in [1.29, 1.82) is 0 Å². The van der Waals surface area contributed by atoms with Crippen LogP contribution >= 0.6 is 0 Å². The fourth-order valence-corrected chi connectivity index (χ4v) is 3.81. The van der Waals surface area contributed by atoms with E-state index < -0.39 is 0 Å². The predicted molar refractivity (Wildman–Crippen MR) is 119 cm³/mol. The summed E-state index contributed by atoms with van der Waals surface area (Å²) < 4.78 is 16.8. The second-order valence-electron chi connectivity index (χ2n) is 7.70. The van der Waals surface area contributed by atoms with Gasteiger partial charge in [-0.25, -0.2) is 4.39 Å². The molecule has 2 heterocycles. The Bertz CT molecular complexity index is 1250. The van der Waals surface area contributed by atoms with Crippen molar-refractivity contribution in [2.75, 3.05) is 5.32 Å². The van der Waals surface area contributed by atoms with E-state index in [0.29, 0.717) is 17.1 Å². The molecule has 0 aliphatic heterocycles. The number of aryl methyl sites for hydroxylation is 1. The molecule has 0 atom stereocenters. The van der Waals surface area contributed by atoms with Gasteiger partial charge in [0.1, 0.15) is 5.82 Å².